The number of piperidine rings is 1. The summed E-state index contributed by atoms with van der Waals surface area (Å²) < 4.78 is 50.3. The van der Waals surface area contributed by atoms with E-state index in [1.165, 1.54) is 12.5 Å². The minimum atomic E-state index is -3.17. The van der Waals surface area contributed by atoms with E-state index in [1.807, 2.05) is 0 Å². The van der Waals surface area contributed by atoms with E-state index < -0.39 is 18.2 Å². The molecule has 3 N–H and O–H groups in total. The molecule has 3 aromatic rings. The van der Waals surface area contributed by atoms with Crippen LogP contribution in [0.5, 0.6) is 11.5 Å². The van der Waals surface area contributed by atoms with Crippen LogP contribution in [0.15, 0.2) is 24.7 Å². The van der Waals surface area contributed by atoms with Gasteiger partial charge in [-0.25, -0.2) is 14.4 Å². The van der Waals surface area contributed by atoms with Crippen molar-refractivity contribution < 1.29 is 27.4 Å². The van der Waals surface area contributed by atoms with Crippen molar-refractivity contribution in [3.8, 4) is 22.8 Å². The number of carbonyl (C=O) groups is 1. The van der Waals surface area contributed by atoms with Crippen molar-refractivity contribution >= 4 is 29.3 Å². The molecule has 35 heavy (non-hydrogen) atoms. The van der Waals surface area contributed by atoms with Crippen molar-refractivity contribution in [1.29, 1.82) is 0 Å². The fraction of sp³-hybridized carbons (Fsp3) is 0.435. The summed E-state index contributed by atoms with van der Waals surface area (Å²) >= 11 is 0. The summed E-state index contributed by atoms with van der Waals surface area (Å²) in [5.74, 6) is -1.31. The lowest BCUT2D eigenvalue weighted by Crippen LogP contribution is -2.42. The molecular formula is C23H25ClF3N5O3. The normalized spacial score (nSPS) is 16.2. The van der Waals surface area contributed by atoms with Crippen LogP contribution in [0, 0.1) is 11.7 Å². The molecule has 188 valence electrons. The molecule has 1 aromatic carbocycles. The number of aromatic nitrogens is 3. The van der Waals surface area contributed by atoms with Crippen LogP contribution in [0.1, 0.15) is 36.0 Å². The number of rotatable bonds is 8. The van der Waals surface area contributed by atoms with Gasteiger partial charge < -0.3 is 25.1 Å². The summed E-state index contributed by atoms with van der Waals surface area (Å²) in [5.41, 5.74) is 1.67. The molecule has 1 aliphatic carbocycles. The smallest absolute Gasteiger partial charge is 0.387 e. The van der Waals surface area contributed by atoms with Crippen LogP contribution in [0.4, 0.5) is 13.2 Å². The Hall–Kier alpha value is -3.05. The van der Waals surface area contributed by atoms with Gasteiger partial charge in [-0.2, -0.15) is 8.78 Å². The maximum Gasteiger partial charge on any atom is 0.387 e. The number of amides is 1. The first-order valence-electron chi connectivity index (χ1n) is 11.2. The third-order valence-corrected chi connectivity index (χ3v) is 6.06. The number of fused-ring (bicyclic) bond motifs is 1. The molecule has 0 atom stereocenters. The van der Waals surface area contributed by atoms with E-state index in [9.17, 15) is 18.0 Å². The Kier molecular flexibility index (Phi) is 7.66. The number of alkyl halides is 2. The first-order valence-corrected chi connectivity index (χ1v) is 11.2. The van der Waals surface area contributed by atoms with E-state index in [0.717, 1.165) is 50.9 Å². The molecule has 8 nitrogen and oxygen atoms in total. The third-order valence-electron chi connectivity index (χ3n) is 6.06. The average Bonchev–Trinajstić information content (AvgIpc) is 3.55. The Morgan fingerprint density at radius 3 is 2.63 bits per heavy atom. The molecule has 2 aromatic heterocycles. The second kappa shape index (κ2) is 10.7. The second-order valence-electron chi connectivity index (χ2n) is 8.56. The molecule has 0 unspecified atom stereocenters. The van der Waals surface area contributed by atoms with Crippen LogP contribution < -0.4 is 20.1 Å². The van der Waals surface area contributed by atoms with Crippen molar-refractivity contribution in [3.05, 3.63) is 36.0 Å². The summed E-state index contributed by atoms with van der Waals surface area (Å²) in [6.45, 7) is -1.13. The number of H-pyrrole nitrogens is 1. The molecule has 1 saturated heterocycles. The quantitative estimate of drug-likeness (QED) is 0.422. The Balaban J connectivity index is 0.00000289. The van der Waals surface area contributed by atoms with Crippen LogP contribution in [-0.2, 0) is 0 Å². The van der Waals surface area contributed by atoms with Crippen LogP contribution in [-0.4, -0.2) is 53.2 Å². The van der Waals surface area contributed by atoms with E-state index in [2.05, 4.69) is 30.3 Å². The molecule has 1 saturated carbocycles. The monoisotopic (exact) mass is 511 g/mol. The van der Waals surface area contributed by atoms with Crippen LogP contribution in [0.3, 0.4) is 0 Å². The van der Waals surface area contributed by atoms with Crippen LogP contribution in [0.25, 0.3) is 22.3 Å². The van der Waals surface area contributed by atoms with Crippen LogP contribution in [0.2, 0.25) is 0 Å². The van der Waals surface area contributed by atoms with Crippen molar-refractivity contribution in [3.63, 3.8) is 0 Å². The summed E-state index contributed by atoms with van der Waals surface area (Å²) in [6.07, 6.45) is 6.51. The molecule has 12 heteroatoms. The molecule has 0 bridgehead atoms. The van der Waals surface area contributed by atoms with Gasteiger partial charge in [0.15, 0.2) is 11.6 Å². The molecule has 5 rings (SSSR count). The predicted octanol–water partition coefficient (Wildman–Crippen LogP) is 4.06. The standard InChI is InChI=1S/C23H24F3N5O3.ClH/c24-16-7-14(17(33-10-12-1-2-12)8-18(16)34-23(25)26)19-21-20(30-11-29-19)15(9-28-21)22(32)31-13-3-5-27-6-4-13;/h7-9,11-13,23,27-28H,1-6,10H2,(H,31,32);1H. The fourth-order valence-corrected chi connectivity index (χ4v) is 4.06. The molecule has 1 aliphatic heterocycles. The number of aromatic amines is 1. The van der Waals surface area contributed by atoms with E-state index in [0.29, 0.717) is 34.8 Å². The molecule has 2 fully saturated rings. The summed E-state index contributed by atoms with van der Waals surface area (Å²) in [6, 6.07) is 2.23. The lowest BCUT2D eigenvalue weighted by atomic mass is 10.1. The van der Waals surface area contributed by atoms with Gasteiger partial charge in [-0.05, 0) is 50.8 Å². The highest BCUT2D eigenvalue weighted by molar-refractivity contribution is 6.08. The number of benzene rings is 1. The number of hydrogen-bond acceptors (Lipinski definition) is 6. The van der Waals surface area contributed by atoms with E-state index in [4.69, 9.17) is 4.74 Å². The Morgan fingerprint density at radius 2 is 1.91 bits per heavy atom. The first-order chi connectivity index (χ1) is 16.5. The second-order valence-corrected chi connectivity index (χ2v) is 8.56. The van der Waals surface area contributed by atoms with Gasteiger partial charge in [0, 0.05) is 23.9 Å². The molecule has 0 spiro atoms. The van der Waals surface area contributed by atoms with Crippen LogP contribution >= 0.6 is 12.4 Å². The Labute approximate surface area is 205 Å². The minimum Gasteiger partial charge on any atom is -0.492 e. The largest absolute Gasteiger partial charge is 0.492 e. The van der Waals surface area contributed by atoms with Crippen molar-refractivity contribution in [1.82, 2.24) is 25.6 Å². The average molecular weight is 512 g/mol. The molecule has 1 amide bonds. The highest BCUT2D eigenvalue weighted by atomic mass is 35.5. The van der Waals surface area contributed by atoms with Crippen molar-refractivity contribution in [2.45, 2.75) is 38.3 Å². The third kappa shape index (κ3) is 5.62. The summed E-state index contributed by atoms with van der Waals surface area (Å²) in [7, 11) is 0. The number of carbonyl (C=O) groups excluding carboxylic acids is 1. The van der Waals surface area contributed by atoms with Gasteiger partial charge in [-0.15, -0.1) is 12.4 Å². The van der Waals surface area contributed by atoms with Gasteiger partial charge in [0.05, 0.1) is 17.7 Å². The molecular weight excluding hydrogens is 487 g/mol. The SMILES string of the molecule is Cl.O=C(NC1CCNCC1)c1c[nH]c2c(-c3cc(F)c(OC(F)F)cc3OCC3CC3)ncnc12. The molecule has 3 heterocycles. The fourth-order valence-electron chi connectivity index (χ4n) is 4.06. The minimum absolute atomic E-state index is 0. The van der Waals surface area contributed by atoms with E-state index >= 15 is 0 Å². The maximum atomic E-state index is 14.6. The number of halogens is 4. The number of hydrogen-bond donors (Lipinski definition) is 3. The summed E-state index contributed by atoms with van der Waals surface area (Å²) in [4.78, 5) is 24.5. The highest BCUT2D eigenvalue weighted by Gasteiger charge is 2.26. The molecule has 2 aliphatic rings. The van der Waals surface area contributed by atoms with Gasteiger partial charge in [0.1, 0.15) is 23.3 Å². The topological polar surface area (TPSA) is 101 Å². The van der Waals surface area contributed by atoms with E-state index in [-0.39, 0.29) is 35.7 Å². The zero-order chi connectivity index (χ0) is 23.7. The highest BCUT2D eigenvalue weighted by Crippen LogP contribution is 2.39. The first kappa shape index (κ1) is 25.1. The van der Waals surface area contributed by atoms with Crippen molar-refractivity contribution in [2.75, 3.05) is 19.7 Å². The van der Waals surface area contributed by atoms with Gasteiger partial charge in [-0.3, -0.25) is 4.79 Å². The predicted molar refractivity (Wildman–Crippen MR) is 125 cm³/mol. The van der Waals surface area contributed by atoms with Gasteiger partial charge in [-0.1, -0.05) is 0 Å². The maximum absolute atomic E-state index is 14.6. The van der Waals surface area contributed by atoms with Crippen molar-refractivity contribution in [2.24, 2.45) is 5.92 Å². The zero-order valence-corrected chi connectivity index (χ0v) is 19.5. The lowest BCUT2D eigenvalue weighted by molar-refractivity contribution is -0.0522. The Bertz CT molecular complexity index is 1200. The zero-order valence-electron chi connectivity index (χ0n) is 18.7. The number of ether oxygens (including phenoxy) is 2. The number of nitrogens with one attached hydrogen (secondary N) is 3. The van der Waals surface area contributed by atoms with E-state index in [1.54, 1.807) is 0 Å². The lowest BCUT2D eigenvalue weighted by Gasteiger charge is -2.23. The molecule has 0 radical (unpaired) electrons. The van der Waals surface area contributed by atoms with Gasteiger partial charge in [0.25, 0.3) is 5.91 Å². The summed E-state index contributed by atoms with van der Waals surface area (Å²) in [5, 5.41) is 6.28. The Morgan fingerprint density at radius 1 is 1.14 bits per heavy atom. The van der Waals surface area contributed by atoms with Gasteiger partial charge >= 0.3 is 6.61 Å². The van der Waals surface area contributed by atoms with Gasteiger partial charge in [0.2, 0.25) is 0 Å². The number of nitrogens with zero attached hydrogens (tertiary/aromatic N) is 2.